The summed E-state index contributed by atoms with van der Waals surface area (Å²) in [5.74, 6) is 0.377. The van der Waals surface area contributed by atoms with Gasteiger partial charge < -0.3 is 15.8 Å². The summed E-state index contributed by atoms with van der Waals surface area (Å²) in [5, 5.41) is 2.89. The first-order valence-corrected chi connectivity index (χ1v) is 8.50. The first-order valence-electron chi connectivity index (χ1n) is 8.50. The molecule has 6 nitrogen and oxygen atoms in total. The number of hydrogen-bond donors (Lipinski definition) is 2. The molecule has 2 aromatic rings. The highest BCUT2D eigenvalue weighted by Gasteiger charge is 2.12. The molecular weight excluding hydrogens is 328 g/mol. The third kappa shape index (κ3) is 5.00. The molecule has 0 atom stereocenters. The number of carbonyl (C=O) groups is 1. The summed E-state index contributed by atoms with van der Waals surface area (Å²) in [6, 6.07) is 13.0. The van der Waals surface area contributed by atoms with Gasteiger partial charge in [-0.3, -0.25) is 4.79 Å². The average molecular weight is 352 g/mol. The average Bonchev–Trinajstić information content (AvgIpc) is 2.64. The van der Waals surface area contributed by atoms with Gasteiger partial charge in [-0.2, -0.15) is 0 Å². The molecule has 0 unspecified atom stereocenters. The maximum absolute atomic E-state index is 12.6. The van der Waals surface area contributed by atoms with Crippen LogP contribution in [0.1, 0.15) is 35.3 Å². The largest absolute Gasteiger partial charge is 0.424 e. The molecule has 0 fully saturated rings. The number of amides is 1. The van der Waals surface area contributed by atoms with Crippen LogP contribution in [0.15, 0.2) is 52.4 Å². The molecule has 0 aliphatic heterocycles. The molecule has 3 N–H and O–H groups in total. The van der Waals surface area contributed by atoms with Crippen LogP contribution in [0.25, 0.3) is 0 Å². The van der Waals surface area contributed by atoms with E-state index in [1.54, 1.807) is 25.3 Å². The third-order valence-corrected chi connectivity index (χ3v) is 3.66. The molecule has 0 aromatic heterocycles. The SMILES string of the molecule is C/C=N\C(=NCC)Oc1cc(NC(=O)c2ccccc2CN)ccc1C. The number of ether oxygens (including phenoxy) is 1. The molecule has 136 valence electrons. The van der Waals surface area contributed by atoms with E-state index in [-0.39, 0.29) is 11.9 Å². The number of rotatable bonds is 5. The van der Waals surface area contributed by atoms with Gasteiger partial charge in [0.15, 0.2) is 0 Å². The van der Waals surface area contributed by atoms with Crippen LogP contribution in [-0.4, -0.2) is 24.7 Å². The Labute approximate surface area is 153 Å². The summed E-state index contributed by atoms with van der Waals surface area (Å²) < 4.78 is 5.78. The van der Waals surface area contributed by atoms with Crippen LogP contribution in [-0.2, 0) is 6.54 Å². The summed E-state index contributed by atoms with van der Waals surface area (Å²) >= 11 is 0. The standard InChI is InChI=1S/C20H24N4O2/c1-4-22-20(23-5-2)26-18-12-16(11-10-14(18)3)24-19(25)17-9-7-6-8-15(17)13-21/h4,6-12H,5,13,21H2,1-3H3,(H,24,25)/b22-4-,23-20?. The lowest BCUT2D eigenvalue weighted by Gasteiger charge is -2.12. The number of hydrogen-bond acceptors (Lipinski definition) is 4. The number of aliphatic imine (C=N–C) groups is 2. The number of carbonyl (C=O) groups excluding carboxylic acids is 1. The fourth-order valence-electron chi connectivity index (χ4n) is 2.35. The Balaban J connectivity index is 2.23. The van der Waals surface area contributed by atoms with Gasteiger partial charge in [-0.15, -0.1) is 0 Å². The minimum absolute atomic E-state index is 0.213. The molecule has 0 aliphatic carbocycles. The van der Waals surface area contributed by atoms with Crippen LogP contribution >= 0.6 is 0 Å². The molecule has 0 heterocycles. The van der Waals surface area contributed by atoms with E-state index < -0.39 is 0 Å². The summed E-state index contributed by atoms with van der Waals surface area (Å²) in [7, 11) is 0. The lowest BCUT2D eigenvalue weighted by Crippen LogP contribution is -2.16. The zero-order chi connectivity index (χ0) is 18.9. The topological polar surface area (TPSA) is 89.1 Å². The number of anilines is 1. The monoisotopic (exact) mass is 352 g/mol. The first-order chi connectivity index (χ1) is 12.6. The fourth-order valence-corrected chi connectivity index (χ4v) is 2.35. The first kappa shape index (κ1) is 19.3. The van der Waals surface area contributed by atoms with E-state index >= 15 is 0 Å². The van der Waals surface area contributed by atoms with Crippen molar-refractivity contribution in [2.45, 2.75) is 27.3 Å². The summed E-state index contributed by atoms with van der Waals surface area (Å²) in [6.45, 7) is 6.50. The Bertz CT molecular complexity index is 828. The van der Waals surface area contributed by atoms with Gasteiger partial charge in [-0.05, 0) is 44.0 Å². The minimum Gasteiger partial charge on any atom is -0.424 e. The maximum Gasteiger partial charge on any atom is 0.316 e. The second kappa shape index (κ2) is 9.48. The van der Waals surface area contributed by atoms with Gasteiger partial charge in [0.25, 0.3) is 5.91 Å². The van der Waals surface area contributed by atoms with Crippen LogP contribution in [0, 0.1) is 6.92 Å². The van der Waals surface area contributed by atoms with Crippen molar-refractivity contribution >= 4 is 23.8 Å². The molecule has 26 heavy (non-hydrogen) atoms. The van der Waals surface area contributed by atoms with Crippen LogP contribution in [0.2, 0.25) is 0 Å². The zero-order valence-electron chi connectivity index (χ0n) is 15.3. The molecule has 0 radical (unpaired) electrons. The second-order valence-electron chi connectivity index (χ2n) is 5.54. The van der Waals surface area contributed by atoms with Gasteiger partial charge in [0.1, 0.15) is 5.75 Å². The Morgan fingerprint density at radius 2 is 2.04 bits per heavy atom. The lowest BCUT2D eigenvalue weighted by molar-refractivity contribution is 0.102. The van der Waals surface area contributed by atoms with Crippen LogP contribution in [0.5, 0.6) is 5.75 Å². The Hall–Kier alpha value is -2.99. The van der Waals surface area contributed by atoms with Crippen molar-refractivity contribution < 1.29 is 9.53 Å². The van der Waals surface area contributed by atoms with Crippen molar-refractivity contribution in [1.82, 2.24) is 0 Å². The van der Waals surface area contributed by atoms with Gasteiger partial charge >= 0.3 is 6.02 Å². The van der Waals surface area contributed by atoms with Crippen molar-refractivity contribution in [2.75, 3.05) is 11.9 Å². The number of benzene rings is 2. The molecule has 1 amide bonds. The highest BCUT2D eigenvalue weighted by Crippen LogP contribution is 2.24. The number of nitrogens with two attached hydrogens (primary N) is 1. The smallest absolute Gasteiger partial charge is 0.316 e. The van der Waals surface area contributed by atoms with E-state index in [1.807, 2.05) is 44.2 Å². The van der Waals surface area contributed by atoms with E-state index in [2.05, 4.69) is 15.3 Å². The molecular formula is C20H24N4O2. The Kier molecular flexibility index (Phi) is 7.05. The number of nitrogens with zero attached hydrogens (tertiary/aromatic N) is 2. The van der Waals surface area contributed by atoms with E-state index in [4.69, 9.17) is 10.5 Å². The molecule has 0 saturated carbocycles. The zero-order valence-corrected chi connectivity index (χ0v) is 15.3. The minimum atomic E-state index is -0.213. The summed E-state index contributed by atoms with van der Waals surface area (Å²) in [5.41, 5.74) is 8.60. The van der Waals surface area contributed by atoms with E-state index in [0.29, 0.717) is 30.1 Å². The summed E-state index contributed by atoms with van der Waals surface area (Å²) in [4.78, 5) is 20.9. The summed E-state index contributed by atoms with van der Waals surface area (Å²) in [6.07, 6.45) is 1.62. The molecule has 0 saturated heterocycles. The van der Waals surface area contributed by atoms with Crippen molar-refractivity contribution in [2.24, 2.45) is 15.7 Å². The molecule has 2 aromatic carbocycles. The molecule has 0 aliphatic rings. The normalized spacial score (nSPS) is 11.6. The lowest BCUT2D eigenvalue weighted by atomic mass is 10.1. The molecule has 0 spiro atoms. The van der Waals surface area contributed by atoms with Crippen molar-refractivity contribution in [3.05, 3.63) is 59.2 Å². The van der Waals surface area contributed by atoms with Gasteiger partial charge in [-0.1, -0.05) is 24.3 Å². The van der Waals surface area contributed by atoms with Gasteiger partial charge in [-0.25, -0.2) is 9.98 Å². The third-order valence-electron chi connectivity index (χ3n) is 3.66. The van der Waals surface area contributed by atoms with Crippen LogP contribution in [0.4, 0.5) is 5.69 Å². The van der Waals surface area contributed by atoms with Gasteiger partial charge in [0.2, 0.25) is 0 Å². The van der Waals surface area contributed by atoms with E-state index in [1.165, 1.54) is 0 Å². The molecule has 6 heteroatoms. The number of nitrogens with one attached hydrogen (secondary N) is 1. The predicted octanol–water partition coefficient (Wildman–Crippen LogP) is 3.55. The number of amidine groups is 1. The predicted molar refractivity (Wildman–Crippen MR) is 106 cm³/mol. The van der Waals surface area contributed by atoms with Crippen molar-refractivity contribution in [3.63, 3.8) is 0 Å². The van der Waals surface area contributed by atoms with Gasteiger partial charge in [0, 0.05) is 36.6 Å². The molecule has 2 rings (SSSR count). The van der Waals surface area contributed by atoms with Crippen molar-refractivity contribution in [3.8, 4) is 5.75 Å². The number of aryl methyl sites for hydroxylation is 1. The maximum atomic E-state index is 12.6. The highest BCUT2D eigenvalue weighted by molar-refractivity contribution is 6.05. The Morgan fingerprint density at radius 1 is 1.27 bits per heavy atom. The fraction of sp³-hybridized carbons (Fsp3) is 0.250. The quantitative estimate of drug-likeness (QED) is 0.637. The Morgan fingerprint density at radius 3 is 2.73 bits per heavy atom. The highest BCUT2D eigenvalue weighted by atomic mass is 16.5. The van der Waals surface area contributed by atoms with Gasteiger partial charge in [0.05, 0.1) is 0 Å². The van der Waals surface area contributed by atoms with Crippen LogP contribution < -0.4 is 15.8 Å². The second-order valence-corrected chi connectivity index (χ2v) is 5.54. The van der Waals surface area contributed by atoms with E-state index in [9.17, 15) is 4.79 Å². The molecule has 0 bridgehead atoms. The van der Waals surface area contributed by atoms with E-state index in [0.717, 1.165) is 11.1 Å². The van der Waals surface area contributed by atoms with Crippen molar-refractivity contribution in [1.29, 1.82) is 0 Å². The van der Waals surface area contributed by atoms with Crippen LogP contribution in [0.3, 0.4) is 0 Å².